The van der Waals surface area contributed by atoms with E-state index < -0.39 is 0 Å². The van der Waals surface area contributed by atoms with E-state index in [4.69, 9.17) is 22.1 Å². The minimum absolute atomic E-state index is 0.357. The van der Waals surface area contributed by atoms with Gasteiger partial charge in [0.1, 0.15) is 5.75 Å². The van der Waals surface area contributed by atoms with Gasteiger partial charge in [0, 0.05) is 25.0 Å². The maximum Gasteiger partial charge on any atom is 0.193 e. The monoisotopic (exact) mass is 358 g/mol. The number of aliphatic imine (C=N–C) groups is 1. The standard InChI is InChI=1S/C19H23ClN4O/c1-24-9-3-4-14-10-13(5-7-17(14)24)12-22-19(21)23-15-6-8-18(25-2)16(20)11-15/h5-8,10-11H,3-4,9,12H2,1-2H3,(H3,21,22,23). The van der Waals surface area contributed by atoms with Gasteiger partial charge in [-0.1, -0.05) is 23.7 Å². The molecule has 1 aliphatic heterocycles. The first kappa shape index (κ1) is 17.4. The fraction of sp³-hybridized carbons (Fsp3) is 0.316. The molecule has 0 saturated carbocycles. The molecule has 1 heterocycles. The summed E-state index contributed by atoms with van der Waals surface area (Å²) in [5.41, 5.74) is 10.6. The van der Waals surface area contributed by atoms with Crippen molar-refractivity contribution in [1.82, 2.24) is 0 Å². The molecule has 0 aliphatic carbocycles. The number of ether oxygens (including phenoxy) is 1. The quantitative estimate of drug-likeness (QED) is 0.646. The zero-order chi connectivity index (χ0) is 17.8. The Morgan fingerprint density at radius 1 is 1.32 bits per heavy atom. The Kier molecular flexibility index (Phi) is 5.34. The van der Waals surface area contributed by atoms with Crippen LogP contribution >= 0.6 is 11.6 Å². The van der Waals surface area contributed by atoms with Gasteiger partial charge in [-0.2, -0.15) is 0 Å². The van der Waals surface area contributed by atoms with Crippen molar-refractivity contribution >= 4 is 28.9 Å². The van der Waals surface area contributed by atoms with Crippen LogP contribution in [0.4, 0.5) is 11.4 Å². The summed E-state index contributed by atoms with van der Waals surface area (Å²) in [6, 6.07) is 11.9. The van der Waals surface area contributed by atoms with E-state index in [1.54, 1.807) is 19.2 Å². The molecule has 0 unspecified atom stereocenters. The Labute approximate surface area is 153 Å². The lowest BCUT2D eigenvalue weighted by Crippen LogP contribution is -2.24. The summed E-state index contributed by atoms with van der Waals surface area (Å²) in [7, 11) is 3.72. The van der Waals surface area contributed by atoms with Crippen molar-refractivity contribution in [2.75, 3.05) is 30.9 Å². The highest BCUT2D eigenvalue weighted by Gasteiger charge is 2.13. The van der Waals surface area contributed by atoms with Gasteiger partial charge >= 0.3 is 0 Å². The van der Waals surface area contributed by atoms with Crippen LogP contribution in [0.5, 0.6) is 5.75 Å². The van der Waals surface area contributed by atoms with Gasteiger partial charge in [-0.25, -0.2) is 4.99 Å². The molecule has 132 valence electrons. The number of methoxy groups -OCH3 is 1. The molecule has 5 nitrogen and oxygen atoms in total. The van der Waals surface area contributed by atoms with Crippen LogP contribution in [0, 0.1) is 0 Å². The van der Waals surface area contributed by atoms with E-state index in [0.717, 1.165) is 24.2 Å². The predicted octanol–water partition coefficient (Wildman–Crippen LogP) is 3.66. The van der Waals surface area contributed by atoms with Gasteiger partial charge in [-0.05, 0) is 48.2 Å². The number of guanidine groups is 1. The molecule has 0 bridgehead atoms. The van der Waals surface area contributed by atoms with Gasteiger partial charge in [-0.3, -0.25) is 0 Å². The van der Waals surface area contributed by atoms with E-state index in [9.17, 15) is 0 Å². The van der Waals surface area contributed by atoms with Crippen LogP contribution in [0.3, 0.4) is 0 Å². The fourth-order valence-electron chi connectivity index (χ4n) is 3.04. The molecular formula is C19H23ClN4O. The molecule has 3 N–H and O–H groups in total. The summed E-state index contributed by atoms with van der Waals surface area (Å²) >= 11 is 6.12. The first-order valence-corrected chi connectivity index (χ1v) is 8.68. The summed E-state index contributed by atoms with van der Waals surface area (Å²) in [6.07, 6.45) is 2.31. The highest BCUT2D eigenvalue weighted by atomic mass is 35.5. The highest BCUT2D eigenvalue weighted by molar-refractivity contribution is 6.32. The molecular weight excluding hydrogens is 336 g/mol. The molecule has 0 atom stereocenters. The Morgan fingerprint density at radius 2 is 2.16 bits per heavy atom. The van der Waals surface area contributed by atoms with Crippen molar-refractivity contribution in [3.63, 3.8) is 0 Å². The molecule has 0 fully saturated rings. The minimum atomic E-state index is 0.357. The molecule has 0 radical (unpaired) electrons. The van der Waals surface area contributed by atoms with Crippen LogP contribution in [-0.2, 0) is 13.0 Å². The van der Waals surface area contributed by atoms with Gasteiger partial charge < -0.3 is 20.7 Å². The number of fused-ring (bicyclic) bond motifs is 1. The minimum Gasteiger partial charge on any atom is -0.495 e. The van der Waals surface area contributed by atoms with Gasteiger partial charge in [0.15, 0.2) is 5.96 Å². The third-order valence-electron chi connectivity index (χ3n) is 4.35. The van der Waals surface area contributed by atoms with E-state index in [2.05, 4.69) is 40.5 Å². The Balaban J connectivity index is 1.66. The number of hydrogen-bond donors (Lipinski definition) is 2. The number of hydrogen-bond acceptors (Lipinski definition) is 3. The SMILES string of the molecule is COc1ccc(NC(N)=NCc2ccc3c(c2)CCCN3C)cc1Cl. The number of anilines is 2. The van der Waals surface area contributed by atoms with E-state index in [-0.39, 0.29) is 0 Å². The highest BCUT2D eigenvalue weighted by Crippen LogP contribution is 2.28. The third kappa shape index (κ3) is 4.17. The molecule has 0 spiro atoms. The normalized spacial score (nSPS) is 14.2. The van der Waals surface area contributed by atoms with Crippen LogP contribution in [-0.4, -0.2) is 26.7 Å². The summed E-state index contributed by atoms with van der Waals surface area (Å²) < 4.78 is 5.14. The number of nitrogens with one attached hydrogen (secondary N) is 1. The molecule has 2 aromatic carbocycles. The van der Waals surface area contributed by atoms with Crippen LogP contribution in [0.2, 0.25) is 5.02 Å². The van der Waals surface area contributed by atoms with E-state index in [0.29, 0.717) is 23.3 Å². The first-order valence-electron chi connectivity index (χ1n) is 8.30. The Bertz CT molecular complexity index is 791. The lowest BCUT2D eigenvalue weighted by atomic mass is 10.00. The van der Waals surface area contributed by atoms with Gasteiger partial charge in [0.05, 0.1) is 18.7 Å². The summed E-state index contributed by atoms with van der Waals surface area (Å²) in [4.78, 5) is 6.73. The average molecular weight is 359 g/mol. The van der Waals surface area contributed by atoms with Gasteiger partial charge in [-0.15, -0.1) is 0 Å². The first-order chi connectivity index (χ1) is 12.1. The van der Waals surface area contributed by atoms with Gasteiger partial charge in [0.2, 0.25) is 0 Å². The number of nitrogens with two attached hydrogens (primary N) is 1. The van der Waals surface area contributed by atoms with Crippen molar-refractivity contribution in [1.29, 1.82) is 0 Å². The lowest BCUT2D eigenvalue weighted by molar-refractivity contribution is 0.415. The lowest BCUT2D eigenvalue weighted by Gasteiger charge is -2.27. The second kappa shape index (κ2) is 7.66. The number of nitrogens with zero attached hydrogens (tertiary/aromatic N) is 2. The summed E-state index contributed by atoms with van der Waals surface area (Å²) in [6.45, 7) is 1.66. The smallest absolute Gasteiger partial charge is 0.193 e. The van der Waals surface area contributed by atoms with E-state index in [1.165, 1.54) is 17.7 Å². The van der Waals surface area contributed by atoms with Crippen LogP contribution in [0.25, 0.3) is 0 Å². The molecule has 2 aromatic rings. The van der Waals surface area contributed by atoms with Crippen molar-refractivity contribution in [3.8, 4) is 5.75 Å². The Hall–Kier alpha value is -2.40. The zero-order valence-electron chi connectivity index (χ0n) is 14.6. The van der Waals surface area contributed by atoms with E-state index >= 15 is 0 Å². The second-order valence-electron chi connectivity index (χ2n) is 6.16. The molecule has 1 aliphatic rings. The average Bonchev–Trinajstić information content (AvgIpc) is 2.60. The molecule has 0 aromatic heterocycles. The molecule has 0 amide bonds. The largest absolute Gasteiger partial charge is 0.495 e. The topological polar surface area (TPSA) is 62.9 Å². The van der Waals surface area contributed by atoms with Gasteiger partial charge in [0.25, 0.3) is 0 Å². The van der Waals surface area contributed by atoms with Crippen molar-refractivity contribution < 1.29 is 4.74 Å². The second-order valence-corrected chi connectivity index (χ2v) is 6.57. The predicted molar refractivity (Wildman–Crippen MR) is 105 cm³/mol. The molecule has 25 heavy (non-hydrogen) atoms. The van der Waals surface area contributed by atoms with Crippen LogP contribution < -0.4 is 20.7 Å². The van der Waals surface area contributed by atoms with E-state index in [1.807, 2.05) is 6.07 Å². The number of rotatable bonds is 4. The molecule has 0 saturated heterocycles. The van der Waals surface area contributed by atoms with Crippen LogP contribution in [0.15, 0.2) is 41.4 Å². The Morgan fingerprint density at radius 3 is 2.92 bits per heavy atom. The fourth-order valence-corrected chi connectivity index (χ4v) is 3.30. The third-order valence-corrected chi connectivity index (χ3v) is 4.65. The number of halogens is 1. The molecule has 3 rings (SSSR count). The number of benzene rings is 2. The van der Waals surface area contributed by atoms with Crippen LogP contribution in [0.1, 0.15) is 17.5 Å². The number of aryl methyl sites for hydroxylation is 1. The molecule has 6 heteroatoms. The zero-order valence-corrected chi connectivity index (χ0v) is 15.3. The van der Waals surface area contributed by atoms with Crippen molar-refractivity contribution in [3.05, 3.63) is 52.5 Å². The van der Waals surface area contributed by atoms with Crippen molar-refractivity contribution in [2.45, 2.75) is 19.4 Å². The summed E-state index contributed by atoms with van der Waals surface area (Å²) in [5.74, 6) is 0.984. The van der Waals surface area contributed by atoms with Crippen molar-refractivity contribution in [2.24, 2.45) is 10.7 Å². The summed E-state index contributed by atoms with van der Waals surface area (Å²) in [5, 5.41) is 3.58. The maximum atomic E-state index is 6.12. The maximum absolute atomic E-state index is 6.12.